The molecule has 4 nitrogen and oxygen atoms in total. The molecule has 0 bridgehead atoms. The van der Waals surface area contributed by atoms with E-state index in [-0.39, 0.29) is 0 Å². The lowest BCUT2D eigenvalue weighted by Crippen LogP contribution is -2.32. The van der Waals surface area contributed by atoms with E-state index in [9.17, 15) is 0 Å². The van der Waals surface area contributed by atoms with Crippen LogP contribution in [0.15, 0.2) is 253 Å². The molecule has 2 spiro atoms. The number of fused-ring (bicyclic) bond motifs is 21. The summed E-state index contributed by atoms with van der Waals surface area (Å²) in [7, 11) is 0. The number of benzene rings is 11. The smallest absolute Gasteiger partial charge is 0.135 e. The molecule has 0 saturated carbocycles. The van der Waals surface area contributed by atoms with Crippen molar-refractivity contribution in [1.82, 2.24) is 0 Å². The first-order chi connectivity index (χ1) is 35.7. The first kappa shape index (κ1) is 39.5. The minimum absolute atomic E-state index is 0.647. The molecule has 0 saturated heterocycles. The van der Waals surface area contributed by atoms with Crippen LogP contribution in [0.5, 0.6) is 23.0 Å². The van der Waals surface area contributed by atoms with Gasteiger partial charge in [0.15, 0.2) is 0 Å². The molecule has 2 aliphatic heterocycles. The SMILES string of the molecule is c1ccc(-c2ccc3oc4ccc(N(c5ccc6c(c5)C5(c7ccccc7O6)c6ccccc6-c6ccccc65)c5ccc6c(c5)C5(c7ccccc7O6)c6ccccc6-c6ccccc65)cc4c3c2)cc1. The fraction of sp³-hybridized carbons (Fsp3) is 0.0294. The minimum atomic E-state index is -0.647. The summed E-state index contributed by atoms with van der Waals surface area (Å²) in [5, 5.41) is 2.11. The standard InChI is InChI=1S/C68H41NO3/c1-2-16-42(17-3-1)43-30-34-61-51(38-43)52-39-44(31-35-62(52)70-61)69(45-32-36-65-59(40-45)67(57-26-12-14-28-63(57)71-65)53-22-8-4-18-47(53)48-19-5-9-23-54(48)67)46-33-37-66-60(41-46)68(58-27-13-15-29-64(58)72-66)55-24-10-6-20-49(55)50-21-7-11-25-56(50)68/h1-41H. The van der Waals surface area contributed by atoms with Crippen LogP contribution in [0.1, 0.15) is 44.5 Å². The Hall–Kier alpha value is -9.38. The van der Waals surface area contributed by atoms with Gasteiger partial charge < -0.3 is 18.8 Å². The van der Waals surface area contributed by atoms with Gasteiger partial charge in [0, 0.05) is 50.1 Å². The molecular formula is C68H41NO3. The van der Waals surface area contributed by atoms with Crippen molar-refractivity contribution >= 4 is 39.0 Å². The summed E-state index contributed by atoms with van der Waals surface area (Å²) in [5.74, 6) is 3.40. The van der Waals surface area contributed by atoms with Crippen LogP contribution < -0.4 is 14.4 Å². The molecule has 0 unspecified atom stereocenters. The van der Waals surface area contributed by atoms with Crippen LogP contribution in [0.2, 0.25) is 0 Å². The van der Waals surface area contributed by atoms with Gasteiger partial charge in [0.25, 0.3) is 0 Å². The Bertz CT molecular complexity index is 3970. The van der Waals surface area contributed by atoms with E-state index >= 15 is 0 Å². The van der Waals surface area contributed by atoms with E-state index in [0.717, 1.165) is 95.4 Å². The maximum absolute atomic E-state index is 6.97. The van der Waals surface area contributed by atoms with Crippen molar-refractivity contribution in [3.63, 3.8) is 0 Å². The number of para-hydroxylation sites is 2. The van der Waals surface area contributed by atoms with E-state index in [1.54, 1.807) is 0 Å². The fourth-order valence-electron chi connectivity index (χ4n) is 13.1. The zero-order valence-electron chi connectivity index (χ0n) is 38.8. The van der Waals surface area contributed by atoms with Crippen molar-refractivity contribution in [2.24, 2.45) is 0 Å². The highest BCUT2D eigenvalue weighted by Gasteiger charge is 2.53. The average molecular weight is 920 g/mol. The molecule has 0 atom stereocenters. The van der Waals surface area contributed by atoms with Crippen molar-refractivity contribution in [3.05, 3.63) is 293 Å². The molecule has 4 heteroatoms. The second-order valence-electron chi connectivity index (χ2n) is 19.4. The molecular weight excluding hydrogens is 879 g/mol. The summed E-state index contributed by atoms with van der Waals surface area (Å²) in [6.45, 7) is 0. The maximum atomic E-state index is 6.97. The molecule has 2 aliphatic carbocycles. The number of hydrogen-bond donors (Lipinski definition) is 0. The third kappa shape index (κ3) is 5.15. The lowest BCUT2D eigenvalue weighted by Gasteiger charge is -2.41. The van der Waals surface area contributed by atoms with Crippen LogP contribution >= 0.6 is 0 Å². The lowest BCUT2D eigenvalue weighted by atomic mass is 9.66. The third-order valence-corrected chi connectivity index (χ3v) is 16.0. The average Bonchev–Trinajstić information content (AvgIpc) is 4.07. The Kier molecular flexibility index (Phi) is 7.99. The van der Waals surface area contributed by atoms with Crippen molar-refractivity contribution in [1.29, 1.82) is 0 Å². The van der Waals surface area contributed by atoms with Crippen LogP contribution in [0.4, 0.5) is 17.1 Å². The van der Waals surface area contributed by atoms with Crippen LogP contribution in [-0.2, 0) is 10.8 Å². The molecule has 72 heavy (non-hydrogen) atoms. The Morgan fingerprint density at radius 2 is 0.639 bits per heavy atom. The van der Waals surface area contributed by atoms with Crippen LogP contribution in [0.25, 0.3) is 55.3 Å². The zero-order chi connectivity index (χ0) is 47.1. The summed E-state index contributed by atoms with van der Waals surface area (Å²) < 4.78 is 20.6. The van der Waals surface area contributed by atoms with Gasteiger partial charge in [-0.1, -0.05) is 170 Å². The molecule has 336 valence electrons. The number of nitrogens with zero attached hydrogens (tertiary/aromatic N) is 1. The zero-order valence-corrected chi connectivity index (χ0v) is 38.8. The summed E-state index contributed by atoms with van der Waals surface area (Å²) in [6, 6.07) is 90.1. The Labute approximate surface area is 416 Å². The van der Waals surface area contributed by atoms with Gasteiger partial charge in [0.2, 0.25) is 0 Å². The van der Waals surface area contributed by atoms with Gasteiger partial charge in [-0.15, -0.1) is 0 Å². The summed E-state index contributed by atoms with van der Waals surface area (Å²) >= 11 is 0. The molecule has 4 aliphatic rings. The van der Waals surface area contributed by atoms with E-state index in [1.165, 1.54) is 44.5 Å². The summed E-state index contributed by atoms with van der Waals surface area (Å²) in [5.41, 5.74) is 20.1. The van der Waals surface area contributed by atoms with E-state index in [0.29, 0.717) is 0 Å². The van der Waals surface area contributed by atoms with Crippen molar-refractivity contribution in [2.75, 3.05) is 4.90 Å². The van der Waals surface area contributed by atoms with E-state index in [4.69, 9.17) is 13.9 Å². The van der Waals surface area contributed by atoms with E-state index < -0.39 is 10.8 Å². The molecule has 11 aromatic carbocycles. The normalized spacial score (nSPS) is 14.3. The first-order valence-corrected chi connectivity index (χ1v) is 24.7. The molecule has 12 aromatic rings. The van der Waals surface area contributed by atoms with Gasteiger partial charge in [0.1, 0.15) is 34.2 Å². The predicted molar refractivity (Wildman–Crippen MR) is 289 cm³/mol. The van der Waals surface area contributed by atoms with Crippen molar-refractivity contribution in [3.8, 4) is 56.4 Å². The van der Waals surface area contributed by atoms with Crippen LogP contribution in [0, 0.1) is 0 Å². The topological polar surface area (TPSA) is 34.8 Å². The van der Waals surface area contributed by atoms with Gasteiger partial charge >= 0.3 is 0 Å². The van der Waals surface area contributed by atoms with Gasteiger partial charge in [0.05, 0.1) is 10.8 Å². The van der Waals surface area contributed by atoms with Gasteiger partial charge in [-0.25, -0.2) is 0 Å². The molecule has 3 heterocycles. The highest BCUT2D eigenvalue weighted by Crippen LogP contribution is 2.65. The maximum Gasteiger partial charge on any atom is 0.135 e. The monoisotopic (exact) mass is 919 g/mol. The second kappa shape index (κ2) is 14.6. The number of furan rings is 1. The Balaban J connectivity index is 0.977. The number of rotatable bonds is 4. The first-order valence-electron chi connectivity index (χ1n) is 24.7. The van der Waals surface area contributed by atoms with Crippen LogP contribution in [-0.4, -0.2) is 0 Å². The van der Waals surface area contributed by atoms with Crippen LogP contribution in [0.3, 0.4) is 0 Å². The largest absolute Gasteiger partial charge is 0.457 e. The van der Waals surface area contributed by atoms with Crippen molar-refractivity contribution in [2.45, 2.75) is 10.8 Å². The van der Waals surface area contributed by atoms with Crippen molar-refractivity contribution < 1.29 is 13.9 Å². The second-order valence-corrected chi connectivity index (χ2v) is 19.4. The minimum Gasteiger partial charge on any atom is -0.457 e. The quantitative estimate of drug-likeness (QED) is 0.176. The Morgan fingerprint density at radius 3 is 1.14 bits per heavy atom. The van der Waals surface area contributed by atoms with E-state index in [2.05, 4.69) is 254 Å². The van der Waals surface area contributed by atoms with Gasteiger partial charge in [-0.3, -0.25) is 0 Å². The molecule has 0 fully saturated rings. The lowest BCUT2D eigenvalue weighted by molar-refractivity contribution is 0.436. The summed E-state index contributed by atoms with van der Waals surface area (Å²) in [6.07, 6.45) is 0. The summed E-state index contributed by atoms with van der Waals surface area (Å²) in [4.78, 5) is 2.42. The van der Waals surface area contributed by atoms with Gasteiger partial charge in [-0.2, -0.15) is 0 Å². The number of anilines is 3. The fourth-order valence-corrected chi connectivity index (χ4v) is 13.1. The molecule has 0 amide bonds. The molecule has 1 aromatic heterocycles. The number of ether oxygens (including phenoxy) is 2. The Morgan fingerprint density at radius 1 is 0.264 bits per heavy atom. The highest BCUT2D eigenvalue weighted by atomic mass is 16.5. The highest BCUT2D eigenvalue weighted by molar-refractivity contribution is 6.08. The molecule has 0 N–H and O–H groups in total. The predicted octanol–water partition coefficient (Wildman–Crippen LogP) is 17.7. The van der Waals surface area contributed by atoms with E-state index in [1.807, 2.05) is 0 Å². The molecule has 0 radical (unpaired) electrons. The third-order valence-electron chi connectivity index (χ3n) is 16.0. The van der Waals surface area contributed by atoms with Gasteiger partial charge in [-0.05, 0) is 134 Å². The number of hydrogen-bond acceptors (Lipinski definition) is 4. The molecule has 16 rings (SSSR count).